The Morgan fingerprint density at radius 2 is 2.07 bits per heavy atom. The van der Waals surface area contributed by atoms with Gasteiger partial charge in [0.05, 0.1) is 17.6 Å². The summed E-state index contributed by atoms with van der Waals surface area (Å²) in [5.41, 5.74) is 2.85. The molecule has 0 unspecified atom stereocenters. The minimum absolute atomic E-state index is 0.0124. The largest absolute Gasteiger partial charge is 0.327 e. The van der Waals surface area contributed by atoms with Gasteiger partial charge in [0.15, 0.2) is 0 Å². The van der Waals surface area contributed by atoms with Crippen LogP contribution >= 0.6 is 22.6 Å². The highest BCUT2D eigenvalue weighted by Gasteiger charge is 2.25. The summed E-state index contributed by atoms with van der Waals surface area (Å²) in [6.07, 6.45) is 4.34. The van der Waals surface area contributed by atoms with Crippen molar-refractivity contribution < 1.29 is 4.79 Å². The van der Waals surface area contributed by atoms with Gasteiger partial charge in [-0.25, -0.2) is 4.98 Å². The number of fused-ring (bicyclic) bond motifs is 1. The predicted octanol–water partition coefficient (Wildman–Crippen LogP) is 4.88. The van der Waals surface area contributed by atoms with E-state index >= 15 is 0 Å². The Hall–Kier alpha value is -2.15. The first-order valence-corrected chi connectivity index (χ1v) is 10.3. The number of amides is 1. The summed E-state index contributed by atoms with van der Waals surface area (Å²) in [6.45, 7) is 5.80. The van der Waals surface area contributed by atoms with Crippen LogP contribution in [0.15, 0.2) is 61.2 Å². The van der Waals surface area contributed by atoms with E-state index in [1.54, 1.807) is 6.08 Å². The first-order valence-electron chi connectivity index (χ1n) is 9.25. The zero-order valence-corrected chi connectivity index (χ0v) is 17.3. The van der Waals surface area contributed by atoms with Gasteiger partial charge in [-0.05, 0) is 71.7 Å². The van der Waals surface area contributed by atoms with E-state index in [-0.39, 0.29) is 5.91 Å². The van der Waals surface area contributed by atoms with Crippen molar-refractivity contribution in [1.29, 1.82) is 0 Å². The van der Waals surface area contributed by atoms with Crippen LogP contribution < -0.4 is 0 Å². The monoisotopic (exact) mass is 471 g/mol. The Morgan fingerprint density at radius 1 is 1.26 bits per heavy atom. The summed E-state index contributed by atoms with van der Waals surface area (Å²) in [5.74, 6) is 1.70. The second-order valence-corrected chi connectivity index (χ2v) is 8.30. The lowest BCUT2D eigenvalue weighted by molar-refractivity contribution is 0.0757. The Kier molecular flexibility index (Phi) is 5.29. The topological polar surface area (TPSA) is 38.1 Å². The Bertz CT molecular complexity index is 990. The SMILES string of the molecule is C=CCN(Cc1nc2ccccc2n1CC1CC1)C(=O)c1cccc(I)c1. The third kappa shape index (κ3) is 4.08. The molecule has 0 bridgehead atoms. The smallest absolute Gasteiger partial charge is 0.254 e. The molecule has 1 aromatic heterocycles. The van der Waals surface area contributed by atoms with E-state index < -0.39 is 0 Å². The second kappa shape index (κ2) is 7.84. The normalized spacial score (nSPS) is 13.7. The van der Waals surface area contributed by atoms with Crippen LogP contribution in [0.5, 0.6) is 0 Å². The summed E-state index contributed by atoms with van der Waals surface area (Å²) in [4.78, 5) is 19.8. The summed E-state index contributed by atoms with van der Waals surface area (Å²) in [6, 6.07) is 15.9. The van der Waals surface area contributed by atoms with Crippen LogP contribution in [0.4, 0.5) is 0 Å². The highest BCUT2D eigenvalue weighted by atomic mass is 127. The molecule has 1 heterocycles. The molecule has 1 amide bonds. The van der Waals surface area contributed by atoms with Crippen LogP contribution in [0.1, 0.15) is 29.0 Å². The predicted molar refractivity (Wildman–Crippen MR) is 117 cm³/mol. The van der Waals surface area contributed by atoms with Gasteiger partial charge in [0.1, 0.15) is 5.82 Å². The molecule has 138 valence electrons. The number of hydrogen-bond acceptors (Lipinski definition) is 2. The molecule has 4 rings (SSSR count). The van der Waals surface area contributed by atoms with E-state index in [0.717, 1.165) is 32.9 Å². The maximum absolute atomic E-state index is 13.1. The molecular weight excluding hydrogens is 449 g/mol. The van der Waals surface area contributed by atoms with Gasteiger partial charge in [0.2, 0.25) is 0 Å². The molecule has 4 nitrogen and oxygen atoms in total. The van der Waals surface area contributed by atoms with Crippen molar-refractivity contribution in [1.82, 2.24) is 14.5 Å². The number of halogens is 1. The molecule has 1 fully saturated rings. The van der Waals surface area contributed by atoms with E-state index in [2.05, 4.69) is 45.9 Å². The highest BCUT2D eigenvalue weighted by molar-refractivity contribution is 14.1. The fraction of sp³-hybridized carbons (Fsp3) is 0.273. The summed E-state index contributed by atoms with van der Waals surface area (Å²) < 4.78 is 3.35. The average Bonchev–Trinajstić information content (AvgIpc) is 3.43. The van der Waals surface area contributed by atoms with Crippen molar-refractivity contribution in [2.75, 3.05) is 6.54 Å². The number of carbonyl (C=O) groups excluding carboxylic acids is 1. The van der Waals surface area contributed by atoms with Crippen molar-refractivity contribution in [2.45, 2.75) is 25.9 Å². The number of hydrogen-bond donors (Lipinski definition) is 0. The van der Waals surface area contributed by atoms with Crippen LogP contribution in [0.3, 0.4) is 0 Å². The van der Waals surface area contributed by atoms with Gasteiger partial charge in [-0.3, -0.25) is 4.79 Å². The lowest BCUT2D eigenvalue weighted by atomic mass is 10.2. The number of aromatic nitrogens is 2. The fourth-order valence-corrected chi connectivity index (χ4v) is 3.90. The van der Waals surface area contributed by atoms with Crippen molar-refractivity contribution in [3.05, 3.63) is 76.1 Å². The molecule has 0 saturated heterocycles. The molecule has 27 heavy (non-hydrogen) atoms. The maximum atomic E-state index is 13.1. The molecule has 1 aliphatic rings. The van der Waals surface area contributed by atoms with Gasteiger partial charge in [-0.15, -0.1) is 6.58 Å². The number of rotatable bonds is 7. The molecule has 0 radical (unpaired) electrons. The Labute approximate surface area is 173 Å². The van der Waals surface area contributed by atoms with Gasteiger partial charge in [0, 0.05) is 22.2 Å². The van der Waals surface area contributed by atoms with Gasteiger partial charge >= 0.3 is 0 Å². The van der Waals surface area contributed by atoms with Crippen molar-refractivity contribution in [3.63, 3.8) is 0 Å². The quantitative estimate of drug-likeness (QED) is 0.364. The van der Waals surface area contributed by atoms with Crippen LogP contribution in [0.2, 0.25) is 0 Å². The standard InChI is InChI=1S/C22H22IN3O/c1-2-12-25(22(27)17-6-5-7-18(23)13-17)15-21-24-19-8-3-4-9-20(19)26(21)14-16-10-11-16/h2-9,13,16H,1,10-12,14-15H2. The van der Waals surface area contributed by atoms with E-state index in [0.29, 0.717) is 18.7 Å². The Morgan fingerprint density at radius 3 is 2.81 bits per heavy atom. The van der Waals surface area contributed by atoms with Crippen molar-refractivity contribution >= 4 is 39.5 Å². The number of imidazole rings is 1. The summed E-state index contributed by atoms with van der Waals surface area (Å²) in [7, 11) is 0. The Balaban J connectivity index is 1.67. The lowest BCUT2D eigenvalue weighted by Crippen LogP contribution is -2.32. The zero-order chi connectivity index (χ0) is 18.8. The van der Waals surface area contributed by atoms with E-state index in [1.807, 2.05) is 41.3 Å². The van der Waals surface area contributed by atoms with Crippen LogP contribution in [-0.4, -0.2) is 26.9 Å². The average molecular weight is 471 g/mol. The molecule has 2 aromatic carbocycles. The number of carbonyl (C=O) groups is 1. The second-order valence-electron chi connectivity index (χ2n) is 7.06. The van der Waals surface area contributed by atoms with E-state index in [1.165, 1.54) is 12.8 Å². The molecule has 5 heteroatoms. The third-order valence-electron chi connectivity index (χ3n) is 4.91. The number of nitrogens with zero attached hydrogens (tertiary/aromatic N) is 3. The highest BCUT2D eigenvalue weighted by Crippen LogP contribution is 2.32. The first-order chi connectivity index (χ1) is 13.2. The summed E-state index contributed by atoms with van der Waals surface area (Å²) in [5, 5.41) is 0. The first kappa shape index (κ1) is 18.2. The lowest BCUT2D eigenvalue weighted by Gasteiger charge is -2.22. The molecule has 1 saturated carbocycles. The fourth-order valence-electron chi connectivity index (χ4n) is 3.36. The van der Waals surface area contributed by atoms with Crippen LogP contribution in [-0.2, 0) is 13.1 Å². The summed E-state index contributed by atoms with van der Waals surface area (Å²) >= 11 is 2.23. The van der Waals surface area contributed by atoms with Crippen molar-refractivity contribution in [3.8, 4) is 0 Å². The molecular formula is C22H22IN3O. The zero-order valence-electron chi connectivity index (χ0n) is 15.1. The third-order valence-corrected chi connectivity index (χ3v) is 5.58. The number of para-hydroxylation sites is 2. The van der Waals surface area contributed by atoms with Gasteiger partial charge in [-0.2, -0.15) is 0 Å². The van der Waals surface area contributed by atoms with Gasteiger partial charge in [-0.1, -0.05) is 24.3 Å². The molecule has 0 spiro atoms. The molecule has 1 aliphatic carbocycles. The molecule has 3 aromatic rings. The van der Waals surface area contributed by atoms with Crippen molar-refractivity contribution in [2.24, 2.45) is 5.92 Å². The molecule has 0 N–H and O–H groups in total. The molecule has 0 aliphatic heterocycles. The molecule has 0 atom stereocenters. The van der Waals surface area contributed by atoms with Crippen LogP contribution in [0, 0.1) is 9.49 Å². The van der Waals surface area contributed by atoms with Gasteiger partial charge in [0.25, 0.3) is 5.91 Å². The minimum Gasteiger partial charge on any atom is -0.327 e. The maximum Gasteiger partial charge on any atom is 0.254 e. The van der Waals surface area contributed by atoms with E-state index in [4.69, 9.17) is 4.98 Å². The van der Waals surface area contributed by atoms with E-state index in [9.17, 15) is 4.79 Å². The number of benzene rings is 2. The van der Waals surface area contributed by atoms with Gasteiger partial charge < -0.3 is 9.47 Å². The minimum atomic E-state index is 0.0124. The van der Waals surface area contributed by atoms with Crippen LogP contribution in [0.25, 0.3) is 11.0 Å².